The molecular weight excluding hydrogens is 374 g/mol. The summed E-state index contributed by atoms with van der Waals surface area (Å²) in [5.74, 6) is 0.776. The van der Waals surface area contributed by atoms with Crippen molar-refractivity contribution in [1.82, 2.24) is 0 Å². The summed E-state index contributed by atoms with van der Waals surface area (Å²) < 4.78 is 21.0. The van der Waals surface area contributed by atoms with E-state index in [9.17, 15) is 9.59 Å². The fourth-order valence-corrected chi connectivity index (χ4v) is 2.49. The second-order valence-electron chi connectivity index (χ2n) is 5.88. The Labute approximate surface area is 169 Å². The fourth-order valence-electron chi connectivity index (χ4n) is 2.49. The highest BCUT2D eigenvalue weighted by atomic mass is 16.5. The topological polar surface area (TPSA) is 94.9 Å². The lowest BCUT2D eigenvalue weighted by molar-refractivity contribution is -0.138. The van der Waals surface area contributed by atoms with Crippen molar-refractivity contribution < 1.29 is 28.5 Å². The number of ether oxygens (including phenoxy) is 4. The third-order valence-corrected chi connectivity index (χ3v) is 3.95. The Balaban J connectivity index is 2.04. The first kappa shape index (κ1) is 21.5. The van der Waals surface area contributed by atoms with E-state index < -0.39 is 5.97 Å². The van der Waals surface area contributed by atoms with Crippen molar-refractivity contribution in [2.75, 3.05) is 20.8 Å². The molecule has 0 aliphatic rings. The Bertz CT molecular complexity index is 958. The minimum Gasteiger partial charge on any atom is -0.496 e. The third kappa shape index (κ3) is 6.11. The van der Waals surface area contributed by atoms with Crippen LogP contribution in [0.5, 0.6) is 17.2 Å². The predicted octanol–water partition coefficient (Wildman–Crippen LogP) is 3.57. The van der Waals surface area contributed by atoms with Gasteiger partial charge in [-0.05, 0) is 48.9 Å². The molecule has 0 spiro atoms. The summed E-state index contributed by atoms with van der Waals surface area (Å²) in [6.45, 7) is 1.34. The summed E-state index contributed by atoms with van der Waals surface area (Å²) in [5.41, 5.74) is 1.81. The molecule has 0 aliphatic carbocycles. The van der Waals surface area contributed by atoms with Crippen molar-refractivity contribution in [2.24, 2.45) is 0 Å². The Morgan fingerprint density at radius 1 is 1.03 bits per heavy atom. The quantitative estimate of drug-likeness (QED) is 0.364. The number of carbonyl (C=O) groups excluding carboxylic acids is 2. The molecule has 0 unspecified atom stereocenters. The molecule has 0 aliphatic heterocycles. The highest BCUT2D eigenvalue weighted by molar-refractivity contribution is 5.94. The van der Waals surface area contributed by atoms with Crippen molar-refractivity contribution in [3.63, 3.8) is 0 Å². The zero-order valence-corrected chi connectivity index (χ0v) is 16.4. The van der Waals surface area contributed by atoms with Crippen molar-refractivity contribution in [1.29, 1.82) is 5.26 Å². The van der Waals surface area contributed by atoms with E-state index in [1.54, 1.807) is 42.5 Å². The molecule has 2 aromatic rings. The highest BCUT2D eigenvalue weighted by Gasteiger charge is 2.10. The van der Waals surface area contributed by atoms with Crippen LogP contribution in [0.25, 0.3) is 6.08 Å². The molecule has 150 valence electrons. The number of methoxy groups -OCH3 is 2. The number of carbonyl (C=O) groups is 2. The number of benzene rings is 2. The summed E-state index contributed by atoms with van der Waals surface area (Å²) in [5, 5.41) is 8.60. The first-order valence-corrected chi connectivity index (χ1v) is 8.69. The van der Waals surface area contributed by atoms with E-state index >= 15 is 0 Å². The Hall–Kier alpha value is -3.79. The zero-order chi connectivity index (χ0) is 21.2. The van der Waals surface area contributed by atoms with Crippen LogP contribution in [0, 0.1) is 11.3 Å². The van der Waals surface area contributed by atoms with Gasteiger partial charge in [0.25, 0.3) is 0 Å². The Morgan fingerprint density at radius 3 is 2.41 bits per heavy atom. The maximum atomic E-state index is 12.1. The van der Waals surface area contributed by atoms with E-state index in [0.717, 1.165) is 0 Å². The number of nitrogens with zero attached hydrogens (tertiary/aromatic N) is 1. The fraction of sp³-hybridized carbons (Fsp3) is 0.227. The first-order valence-electron chi connectivity index (χ1n) is 8.69. The molecule has 0 saturated heterocycles. The van der Waals surface area contributed by atoms with Crippen LogP contribution < -0.4 is 14.2 Å². The average Bonchev–Trinajstić information content (AvgIpc) is 2.74. The number of ketones is 1. The van der Waals surface area contributed by atoms with Crippen LogP contribution in [-0.2, 0) is 16.1 Å². The van der Waals surface area contributed by atoms with E-state index in [1.807, 2.05) is 6.07 Å². The summed E-state index contributed by atoms with van der Waals surface area (Å²) in [6.07, 6.45) is 2.86. The van der Waals surface area contributed by atoms with Crippen LogP contribution in [0.3, 0.4) is 0 Å². The van der Waals surface area contributed by atoms with Gasteiger partial charge in [0.05, 0.1) is 14.2 Å². The molecule has 7 heteroatoms. The lowest BCUT2D eigenvalue weighted by Gasteiger charge is -2.10. The highest BCUT2D eigenvalue weighted by Crippen LogP contribution is 2.28. The number of Topliss-reactive ketones (excluding diaryl/α,β-unsaturated/α-hetero) is 1. The SMILES string of the molecule is COc1ccc(C(C)=O)cc1COC(=O)C=Cc1ccc(OCC#N)c(OC)c1. The van der Waals surface area contributed by atoms with Gasteiger partial charge >= 0.3 is 5.97 Å². The maximum absolute atomic E-state index is 12.1. The number of esters is 1. The second-order valence-corrected chi connectivity index (χ2v) is 5.88. The molecule has 0 amide bonds. The molecule has 0 saturated carbocycles. The van der Waals surface area contributed by atoms with Gasteiger partial charge in [0.1, 0.15) is 18.4 Å². The van der Waals surface area contributed by atoms with Gasteiger partial charge in [0.15, 0.2) is 23.9 Å². The summed E-state index contributed by atoms with van der Waals surface area (Å²) in [7, 11) is 2.99. The van der Waals surface area contributed by atoms with Crippen molar-refractivity contribution in [3.05, 3.63) is 59.2 Å². The van der Waals surface area contributed by atoms with Crippen LogP contribution in [0.2, 0.25) is 0 Å². The van der Waals surface area contributed by atoms with Gasteiger partial charge in [-0.1, -0.05) is 6.07 Å². The first-order chi connectivity index (χ1) is 14.0. The van der Waals surface area contributed by atoms with Crippen LogP contribution >= 0.6 is 0 Å². The van der Waals surface area contributed by atoms with Crippen LogP contribution in [0.4, 0.5) is 0 Å². The largest absolute Gasteiger partial charge is 0.496 e. The van der Waals surface area contributed by atoms with E-state index in [2.05, 4.69) is 0 Å². The molecule has 29 heavy (non-hydrogen) atoms. The van der Waals surface area contributed by atoms with E-state index in [4.69, 9.17) is 24.2 Å². The van der Waals surface area contributed by atoms with Crippen molar-refractivity contribution in [3.8, 4) is 23.3 Å². The minimum atomic E-state index is -0.552. The van der Waals surface area contributed by atoms with E-state index in [0.29, 0.717) is 33.9 Å². The standard InChI is InChI=1S/C22H21NO6/c1-15(24)17-6-8-19(26-2)18(13-17)14-29-22(25)9-5-16-4-7-20(28-11-10-23)21(12-16)27-3/h4-9,12-13H,11,14H2,1-3H3. The monoisotopic (exact) mass is 395 g/mol. The van der Waals surface area contributed by atoms with Crippen LogP contribution in [-0.4, -0.2) is 32.6 Å². The molecule has 0 N–H and O–H groups in total. The zero-order valence-electron chi connectivity index (χ0n) is 16.4. The minimum absolute atomic E-state index is 0.0300. The second kappa shape index (κ2) is 10.5. The predicted molar refractivity (Wildman–Crippen MR) is 106 cm³/mol. The summed E-state index contributed by atoms with van der Waals surface area (Å²) in [6, 6.07) is 11.9. The molecule has 0 bridgehead atoms. The number of nitriles is 1. The molecule has 0 aromatic heterocycles. The van der Waals surface area contributed by atoms with E-state index in [-0.39, 0.29) is 19.0 Å². The van der Waals surface area contributed by atoms with Crippen LogP contribution in [0.1, 0.15) is 28.4 Å². The van der Waals surface area contributed by atoms with Gasteiger partial charge in [-0.15, -0.1) is 0 Å². The Kier molecular flexibility index (Phi) is 7.80. The number of hydrogen-bond acceptors (Lipinski definition) is 7. The number of rotatable bonds is 9. The summed E-state index contributed by atoms with van der Waals surface area (Å²) >= 11 is 0. The van der Waals surface area contributed by atoms with Gasteiger partial charge in [0, 0.05) is 17.2 Å². The molecular formula is C22H21NO6. The maximum Gasteiger partial charge on any atom is 0.331 e. The molecule has 0 heterocycles. The van der Waals surface area contributed by atoms with Gasteiger partial charge in [-0.2, -0.15) is 5.26 Å². The summed E-state index contributed by atoms with van der Waals surface area (Å²) in [4.78, 5) is 23.6. The molecule has 0 radical (unpaired) electrons. The Morgan fingerprint density at radius 2 is 1.76 bits per heavy atom. The average molecular weight is 395 g/mol. The van der Waals surface area contributed by atoms with Gasteiger partial charge in [0.2, 0.25) is 0 Å². The number of hydrogen-bond donors (Lipinski definition) is 0. The van der Waals surface area contributed by atoms with Gasteiger partial charge in [-0.3, -0.25) is 4.79 Å². The lowest BCUT2D eigenvalue weighted by atomic mass is 10.1. The normalized spacial score (nSPS) is 10.3. The molecule has 2 rings (SSSR count). The van der Waals surface area contributed by atoms with Crippen molar-refractivity contribution in [2.45, 2.75) is 13.5 Å². The molecule has 2 aromatic carbocycles. The molecule has 7 nitrogen and oxygen atoms in total. The van der Waals surface area contributed by atoms with Gasteiger partial charge < -0.3 is 18.9 Å². The molecule has 0 atom stereocenters. The molecule has 0 fully saturated rings. The van der Waals surface area contributed by atoms with Gasteiger partial charge in [-0.25, -0.2) is 4.79 Å². The van der Waals surface area contributed by atoms with E-state index in [1.165, 1.54) is 27.2 Å². The third-order valence-electron chi connectivity index (χ3n) is 3.95. The van der Waals surface area contributed by atoms with Crippen molar-refractivity contribution >= 4 is 17.8 Å². The lowest BCUT2D eigenvalue weighted by Crippen LogP contribution is -2.04. The van der Waals surface area contributed by atoms with Crippen LogP contribution in [0.15, 0.2) is 42.5 Å². The smallest absolute Gasteiger partial charge is 0.331 e.